The lowest BCUT2D eigenvalue weighted by atomic mass is 10.2. The number of aromatic nitrogens is 1. The van der Waals surface area contributed by atoms with Crippen LogP contribution in [0.1, 0.15) is 63.2 Å². The summed E-state index contributed by atoms with van der Waals surface area (Å²) in [5.74, 6) is 0.574. The molecule has 3 rings (SSSR count). The molecule has 0 bridgehead atoms. The van der Waals surface area contributed by atoms with Crippen molar-refractivity contribution in [3.05, 3.63) is 48.0 Å². The average Bonchev–Trinajstić information content (AvgIpc) is 3.34. The molecule has 214 valence electrons. The molecule has 2 aromatic carbocycles. The molecule has 0 fully saturated rings. The summed E-state index contributed by atoms with van der Waals surface area (Å²) in [5, 5.41) is 0.615. The number of ether oxygens (including phenoxy) is 1. The lowest BCUT2D eigenvalue weighted by molar-refractivity contribution is 0.0986. The molecule has 0 atom stereocenters. The molecule has 39 heavy (non-hydrogen) atoms. The fraction of sp³-hybridized carbons (Fsp3) is 0.517. The Bertz CT molecular complexity index is 1300. The van der Waals surface area contributed by atoms with E-state index in [1.54, 1.807) is 33.5 Å². The molecule has 0 N–H and O–H groups in total. The van der Waals surface area contributed by atoms with Gasteiger partial charge in [0.2, 0.25) is 10.0 Å². The highest BCUT2D eigenvalue weighted by atomic mass is 32.2. The number of nitrogens with zero attached hydrogens (tertiary/aromatic N) is 4. The zero-order chi connectivity index (χ0) is 28.4. The number of amides is 1. The number of sulfonamides is 1. The first-order valence-electron chi connectivity index (χ1n) is 13.8. The van der Waals surface area contributed by atoms with E-state index in [0.717, 1.165) is 54.6 Å². The van der Waals surface area contributed by atoms with Gasteiger partial charge in [-0.3, -0.25) is 9.69 Å². The topological polar surface area (TPSA) is 83.1 Å². The number of unbranched alkanes of at least 4 members (excludes halogenated alkanes) is 2. The molecular formula is C29H42N4O4S2. The second kappa shape index (κ2) is 14.7. The van der Waals surface area contributed by atoms with Crippen molar-refractivity contribution in [1.29, 1.82) is 0 Å². The smallest absolute Gasteiger partial charge is 0.260 e. The number of fused-ring (bicyclic) bond motifs is 1. The molecule has 0 saturated heterocycles. The number of thiazole rings is 1. The largest absolute Gasteiger partial charge is 0.494 e. The molecule has 1 amide bonds. The van der Waals surface area contributed by atoms with Crippen LogP contribution < -0.4 is 9.64 Å². The minimum absolute atomic E-state index is 0.199. The molecular weight excluding hydrogens is 532 g/mol. The molecule has 1 heterocycles. The van der Waals surface area contributed by atoms with Crippen molar-refractivity contribution in [2.24, 2.45) is 0 Å². The van der Waals surface area contributed by atoms with Gasteiger partial charge in [-0.25, -0.2) is 13.4 Å². The van der Waals surface area contributed by atoms with E-state index < -0.39 is 10.0 Å². The van der Waals surface area contributed by atoms with Crippen molar-refractivity contribution >= 4 is 42.6 Å². The maximum Gasteiger partial charge on any atom is 0.260 e. The Morgan fingerprint density at radius 1 is 0.897 bits per heavy atom. The minimum atomic E-state index is -3.63. The monoisotopic (exact) mass is 574 g/mol. The van der Waals surface area contributed by atoms with Crippen molar-refractivity contribution in [2.45, 2.75) is 57.8 Å². The number of rotatable bonds is 16. The lowest BCUT2D eigenvalue weighted by Crippen LogP contribution is -2.34. The van der Waals surface area contributed by atoms with Crippen LogP contribution in [-0.4, -0.2) is 75.4 Å². The number of carbonyl (C=O) groups is 1. The van der Waals surface area contributed by atoms with Crippen LogP contribution in [0.3, 0.4) is 0 Å². The molecule has 0 aliphatic heterocycles. The van der Waals surface area contributed by atoms with Crippen LogP contribution in [0.4, 0.5) is 5.13 Å². The summed E-state index contributed by atoms with van der Waals surface area (Å²) in [6.45, 7) is 8.95. The molecule has 0 aliphatic carbocycles. The fourth-order valence-electron chi connectivity index (χ4n) is 4.19. The van der Waals surface area contributed by atoms with E-state index in [1.165, 1.54) is 11.3 Å². The Morgan fingerprint density at radius 2 is 1.56 bits per heavy atom. The number of hydrogen-bond acceptors (Lipinski definition) is 7. The fourth-order valence-corrected chi connectivity index (χ4v) is 6.72. The summed E-state index contributed by atoms with van der Waals surface area (Å²) < 4.78 is 34.9. The third-order valence-electron chi connectivity index (χ3n) is 6.38. The van der Waals surface area contributed by atoms with Gasteiger partial charge in [-0.1, -0.05) is 38.0 Å². The summed E-state index contributed by atoms with van der Waals surface area (Å²) in [7, 11) is 0.376. The van der Waals surface area contributed by atoms with Gasteiger partial charge in [0.1, 0.15) is 5.75 Å². The van der Waals surface area contributed by atoms with Crippen molar-refractivity contribution in [1.82, 2.24) is 14.2 Å². The maximum absolute atomic E-state index is 13.7. The molecule has 0 unspecified atom stereocenters. The average molecular weight is 575 g/mol. The third kappa shape index (κ3) is 8.23. The Kier molecular flexibility index (Phi) is 11.7. The predicted molar refractivity (Wildman–Crippen MR) is 161 cm³/mol. The Balaban J connectivity index is 1.89. The van der Waals surface area contributed by atoms with Crippen LogP contribution in [0.5, 0.6) is 5.75 Å². The Morgan fingerprint density at radius 3 is 2.15 bits per heavy atom. The first kappa shape index (κ1) is 31.0. The minimum Gasteiger partial charge on any atom is -0.494 e. The number of carbonyl (C=O) groups excluding carboxylic acids is 1. The van der Waals surface area contributed by atoms with Crippen LogP contribution in [0.25, 0.3) is 10.2 Å². The number of hydrogen-bond donors (Lipinski definition) is 0. The molecule has 3 aromatic rings. The standard InChI is InChI=1S/C29H42N4O4S2/c1-6-9-19-32(20-10-7-2)39(35,36)25-15-12-23(13-16-25)28(34)33(21-11-18-31(4)5)29-30-26-17-14-24(37-8-3)22-27(26)38-29/h12-17,22H,6-11,18-21H2,1-5H3. The Labute approximate surface area is 237 Å². The number of benzene rings is 2. The van der Waals surface area contributed by atoms with Gasteiger partial charge >= 0.3 is 0 Å². The molecule has 1 aromatic heterocycles. The van der Waals surface area contributed by atoms with Crippen molar-refractivity contribution < 1.29 is 17.9 Å². The molecule has 0 saturated carbocycles. The van der Waals surface area contributed by atoms with Gasteiger partial charge in [-0.05, 0) is 89.3 Å². The normalized spacial score (nSPS) is 12.0. The van der Waals surface area contributed by atoms with Gasteiger partial charge in [-0.15, -0.1) is 0 Å². The van der Waals surface area contributed by atoms with E-state index in [-0.39, 0.29) is 10.8 Å². The molecule has 0 radical (unpaired) electrons. The quantitative estimate of drug-likeness (QED) is 0.212. The Hall–Kier alpha value is -2.53. The van der Waals surface area contributed by atoms with Gasteiger partial charge in [0.15, 0.2) is 5.13 Å². The summed E-state index contributed by atoms with van der Waals surface area (Å²) >= 11 is 1.45. The lowest BCUT2D eigenvalue weighted by Gasteiger charge is -2.23. The van der Waals surface area contributed by atoms with Crippen molar-refractivity contribution in [2.75, 3.05) is 51.8 Å². The van der Waals surface area contributed by atoms with E-state index in [2.05, 4.69) is 18.7 Å². The van der Waals surface area contributed by atoms with Crippen LogP contribution in [0.2, 0.25) is 0 Å². The van der Waals surface area contributed by atoms with Crippen molar-refractivity contribution in [3.8, 4) is 5.75 Å². The second-order valence-corrected chi connectivity index (χ2v) is 12.8. The summed E-state index contributed by atoms with van der Waals surface area (Å²) in [6, 6.07) is 12.1. The first-order valence-corrected chi connectivity index (χ1v) is 16.1. The van der Waals surface area contributed by atoms with E-state index in [9.17, 15) is 13.2 Å². The third-order valence-corrected chi connectivity index (χ3v) is 9.34. The van der Waals surface area contributed by atoms with Gasteiger partial charge in [0, 0.05) is 25.2 Å². The van der Waals surface area contributed by atoms with E-state index >= 15 is 0 Å². The summed E-state index contributed by atoms with van der Waals surface area (Å²) in [6.07, 6.45) is 4.25. The van der Waals surface area contributed by atoms with Crippen LogP contribution >= 0.6 is 11.3 Å². The van der Waals surface area contributed by atoms with Gasteiger partial charge in [-0.2, -0.15) is 4.31 Å². The van der Waals surface area contributed by atoms with E-state index in [1.807, 2.05) is 39.2 Å². The zero-order valence-corrected chi connectivity index (χ0v) is 25.5. The second-order valence-electron chi connectivity index (χ2n) is 9.81. The highest BCUT2D eigenvalue weighted by Gasteiger charge is 2.25. The van der Waals surface area contributed by atoms with Crippen LogP contribution in [0.15, 0.2) is 47.4 Å². The van der Waals surface area contributed by atoms with Gasteiger partial charge in [0.25, 0.3) is 5.91 Å². The van der Waals surface area contributed by atoms with Gasteiger partial charge < -0.3 is 9.64 Å². The molecule has 8 nitrogen and oxygen atoms in total. The van der Waals surface area contributed by atoms with Crippen LogP contribution in [-0.2, 0) is 10.0 Å². The molecule has 0 aliphatic rings. The SMILES string of the molecule is CCCCN(CCCC)S(=O)(=O)c1ccc(C(=O)N(CCCN(C)C)c2nc3ccc(OCC)cc3s2)cc1. The maximum atomic E-state index is 13.7. The molecule has 10 heteroatoms. The number of anilines is 1. The predicted octanol–water partition coefficient (Wildman–Crippen LogP) is 5.88. The highest BCUT2D eigenvalue weighted by molar-refractivity contribution is 7.89. The van der Waals surface area contributed by atoms with Crippen LogP contribution in [0, 0.1) is 0 Å². The first-order chi connectivity index (χ1) is 18.7. The molecule has 0 spiro atoms. The van der Waals surface area contributed by atoms with E-state index in [0.29, 0.717) is 36.9 Å². The van der Waals surface area contributed by atoms with Crippen molar-refractivity contribution in [3.63, 3.8) is 0 Å². The zero-order valence-electron chi connectivity index (χ0n) is 23.9. The summed E-state index contributed by atoms with van der Waals surface area (Å²) in [5.41, 5.74) is 1.24. The summed E-state index contributed by atoms with van der Waals surface area (Å²) in [4.78, 5) is 22.5. The highest BCUT2D eigenvalue weighted by Crippen LogP contribution is 2.32. The van der Waals surface area contributed by atoms with E-state index in [4.69, 9.17) is 9.72 Å². The van der Waals surface area contributed by atoms with Gasteiger partial charge in [0.05, 0.1) is 21.7 Å².